The van der Waals surface area contributed by atoms with Gasteiger partial charge in [0.1, 0.15) is 0 Å². The van der Waals surface area contributed by atoms with Crippen LogP contribution >= 0.6 is 23.2 Å². The van der Waals surface area contributed by atoms with Crippen molar-refractivity contribution in [2.24, 2.45) is 0 Å². The van der Waals surface area contributed by atoms with Gasteiger partial charge in [0.25, 0.3) is 0 Å². The molecule has 0 aromatic heterocycles. The quantitative estimate of drug-likeness (QED) is 0.154. The number of halogens is 2. The molecule has 6 aromatic rings. The van der Waals surface area contributed by atoms with Crippen LogP contribution in [-0.4, -0.2) is 3.21 Å². The Kier molecular flexibility index (Phi) is 11.0. The van der Waals surface area contributed by atoms with Crippen LogP contribution in [0.1, 0.15) is 81.3 Å². The monoisotopic (exact) mass is 766 g/mol. The molecule has 2 aliphatic carbocycles. The first-order valence-corrected chi connectivity index (χ1v) is 19.2. The average molecular weight is 769 g/mol. The number of benzene rings is 6. The van der Waals surface area contributed by atoms with Crippen molar-refractivity contribution in [3.63, 3.8) is 0 Å². The van der Waals surface area contributed by atoms with Gasteiger partial charge >= 0.3 is 166 Å². The van der Waals surface area contributed by atoms with E-state index in [1.165, 1.54) is 82.7 Å². The minimum Gasteiger partial charge on any atom is -0.273 e. The number of fused-ring (bicyclic) bond motifs is 5. The smallest absolute Gasteiger partial charge is 0.109 e. The average Bonchev–Trinajstić information content (AvgIpc) is 3.79. The van der Waals surface area contributed by atoms with Crippen LogP contribution in [0.15, 0.2) is 121 Å². The van der Waals surface area contributed by atoms with Crippen LogP contribution in [0.3, 0.4) is 0 Å². The van der Waals surface area contributed by atoms with Gasteiger partial charge in [-0.1, -0.05) is 76.3 Å². The van der Waals surface area contributed by atoms with Gasteiger partial charge in [0, 0.05) is 0 Å². The second-order valence-electron chi connectivity index (χ2n) is 15.0. The van der Waals surface area contributed by atoms with Gasteiger partial charge in [-0.2, -0.15) is 35.4 Å². The van der Waals surface area contributed by atoms with E-state index >= 15 is 0 Å². The van der Waals surface area contributed by atoms with E-state index in [2.05, 4.69) is 139 Å². The Morgan fingerprint density at radius 3 is 1.68 bits per heavy atom. The van der Waals surface area contributed by atoms with Gasteiger partial charge in [-0.15, -0.1) is 12.0 Å². The molecule has 0 radical (unpaired) electrons. The van der Waals surface area contributed by atoms with E-state index in [1.54, 1.807) is 0 Å². The van der Waals surface area contributed by atoms with Crippen LogP contribution in [0.25, 0.3) is 32.7 Å². The third-order valence-electron chi connectivity index (χ3n) is 9.39. The zero-order valence-corrected chi connectivity index (χ0v) is 33.7. The normalized spacial score (nSPS) is 13.0. The van der Waals surface area contributed by atoms with Crippen LogP contribution < -0.4 is 0 Å². The van der Waals surface area contributed by atoms with Gasteiger partial charge in [-0.25, -0.2) is 12.2 Å². The van der Waals surface area contributed by atoms with Crippen LogP contribution in [0, 0.1) is 12.1 Å². The molecule has 248 valence electrons. The number of rotatable bonds is 2. The van der Waals surface area contributed by atoms with Crippen molar-refractivity contribution in [1.82, 2.24) is 0 Å². The summed E-state index contributed by atoms with van der Waals surface area (Å²) in [7, 11) is 0. The van der Waals surface area contributed by atoms with Crippen LogP contribution in [0.2, 0.25) is 10.0 Å². The molecular formula is C47H42Cl2Zr. The topological polar surface area (TPSA) is 0 Å². The molecule has 6 aromatic carbocycles. The first kappa shape index (κ1) is 36.4. The molecule has 2 aliphatic rings. The standard InChI is InChI=1S/C21H12Cl2.C21H25.C5H5.Zr/c22-20-11-3-7-16-14(5-1-9-18(16)20)13-15-6-2-10-19-17(15)8-4-12-21(19)23;1-20(2,3)16-9-7-14-11-15-8-10-17(21(4,5)6)13-19(15)18(14)12-16;1-2-4-5-3-1;/h1-12H;7,9-10,12-13H,11H2,1-6H3;1-3H,4H2;/q;2*-1;+2. The minimum atomic E-state index is 0.177. The van der Waals surface area contributed by atoms with Crippen LogP contribution in [0.5, 0.6) is 0 Å². The summed E-state index contributed by atoms with van der Waals surface area (Å²) in [6.45, 7) is 13.6. The molecule has 0 spiro atoms. The van der Waals surface area contributed by atoms with Crippen molar-refractivity contribution in [1.29, 1.82) is 0 Å². The maximum atomic E-state index is 6.38. The van der Waals surface area contributed by atoms with Gasteiger partial charge in [-0.05, 0) is 17.4 Å². The fraction of sp³-hybridized carbons (Fsp3) is 0.213. The van der Waals surface area contributed by atoms with Gasteiger partial charge in [0.15, 0.2) is 0 Å². The summed E-state index contributed by atoms with van der Waals surface area (Å²) in [4.78, 5) is 0. The van der Waals surface area contributed by atoms with E-state index in [0.29, 0.717) is 0 Å². The first-order valence-electron chi connectivity index (χ1n) is 17.2. The molecule has 50 heavy (non-hydrogen) atoms. The molecule has 0 heterocycles. The van der Waals surface area contributed by atoms with Gasteiger partial charge < -0.3 is 0 Å². The Bertz CT molecular complexity index is 2120. The fourth-order valence-corrected chi connectivity index (χ4v) is 8.00. The third kappa shape index (κ3) is 7.92. The van der Waals surface area contributed by atoms with E-state index in [0.717, 1.165) is 33.7 Å². The Labute approximate surface area is 323 Å². The molecular weight excluding hydrogens is 727 g/mol. The zero-order valence-electron chi connectivity index (χ0n) is 29.7. The van der Waals surface area contributed by atoms with Crippen LogP contribution in [-0.2, 0) is 41.5 Å². The second kappa shape index (κ2) is 15.1. The van der Waals surface area contributed by atoms with E-state index < -0.39 is 0 Å². The predicted octanol–water partition coefficient (Wildman–Crippen LogP) is 13.4. The van der Waals surface area contributed by atoms with Crippen molar-refractivity contribution in [3.8, 4) is 11.1 Å². The maximum Gasteiger partial charge on any atom is -0.109 e. The summed E-state index contributed by atoms with van der Waals surface area (Å²) in [5, 5.41) is 6.15. The molecule has 3 heteroatoms. The van der Waals surface area contributed by atoms with Crippen molar-refractivity contribution < 1.29 is 24.2 Å². The van der Waals surface area contributed by atoms with Crippen LogP contribution in [0.4, 0.5) is 0 Å². The van der Waals surface area contributed by atoms with E-state index in [1.807, 2.05) is 36.4 Å². The molecule has 0 N–H and O–H groups in total. The maximum absolute atomic E-state index is 6.38. The molecule has 8 rings (SSSR count). The Morgan fingerprint density at radius 2 is 1.18 bits per heavy atom. The number of hydrogen-bond acceptors (Lipinski definition) is 0. The van der Waals surface area contributed by atoms with E-state index in [9.17, 15) is 0 Å². The summed E-state index contributed by atoms with van der Waals surface area (Å²) in [6, 6.07) is 39.9. The first-order chi connectivity index (χ1) is 23.8. The summed E-state index contributed by atoms with van der Waals surface area (Å²) in [5.74, 6) is 0. The van der Waals surface area contributed by atoms with Gasteiger partial charge in [0.2, 0.25) is 0 Å². The van der Waals surface area contributed by atoms with Gasteiger partial charge in [0.05, 0.1) is 0 Å². The van der Waals surface area contributed by atoms with Crippen molar-refractivity contribution in [3.05, 3.63) is 177 Å². The van der Waals surface area contributed by atoms with E-state index in [-0.39, 0.29) is 10.8 Å². The van der Waals surface area contributed by atoms with Crippen molar-refractivity contribution >= 4 is 48.0 Å². The SMILES string of the molecule is CC(C)(C)c1c[c-]c2c(c1)-c1cc(C(C)(C)C)ccc1C2.Clc1cccc2c([C](=[Zr+2])c3cccc4c(Cl)cccc34)cccc12.[C-]1=CC=CC1. The van der Waals surface area contributed by atoms with Gasteiger partial charge in [-0.3, -0.25) is 6.08 Å². The molecule has 0 unspecified atom stereocenters. The number of hydrogen-bond donors (Lipinski definition) is 0. The molecule has 0 atom stereocenters. The van der Waals surface area contributed by atoms with E-state index in [4.69, 9.17) is 23.2 Å². The summed E-state index contributed by atoms with van der Waals surface area (Å²) in [5.41, 5.74) is 11.2. The molecule has 0 amide bonds. The largest absolute Gasteiger partial charge is 0.273 e. The molecule has 0 saturated heterocycles. The molecule has 0 aliphatic heterocycles. The summed E-state index contributed by atoms with van der Waals surface area (Å²) in [6.07, 6.45) is 11.0. The number of allylic oxidation sites excluding steroid dienone is 4. The van der Waals surface area contributed by atoms with Crippen molar-refractivity contribution in [2.45, 2.75) is 65.2 Å². The predicted molar refractivity (Wildman–Crippen MR) is 214 cm³/mol. The third-order valence-corrected chi connectivity index (χ3v) is 11.4. The van der Waals surface area contributed by atoms with Crippen molar-refractivity contribution in [2.75, 3.05) is 0 Å². The zero-order chi connectivity index (χ0) is 35.6. The molecule has 0 saturated carbocycles. The Balaban J connectivity index is 0.000000153. The Hall–Kier alpha value is -3.35. The Morgan fingerprint density at radius 1 is 0.640 bits per heavy atom. The molecule has 0 fully saturated rings. The fourth-order valence-electron chi connectivity index (χ4n) is 6.45. The second-order valence-corrected chi connectivity index (χ2v) is 17.0. The summed E-state index contributed by atoms with van der Waals surface area (Å²) < 4.78 is 1.31. The summed E-state index contributed by atoms with van der Waals surface area (Å²) >= 11 is 14.1. The molecule has 0 bridgehead atoms. The minimum absolute atomic E-state index is 0.177. The molecule has 0 nitrogen and oxygen atoms in total.